The number of benzene rings is 2. The molecule has 2 amide bonds. The third-order valence-corrected chi connectivity index (χ3v) is 7.35. The molecule has 0 saturated carbocycles. The molecule has 1 aromatic heterocycles. The Labute approximate surface area is 211 Å². The summed E-state index contributed by atoms with van der Waals surface area (Å²) in [5.41, 5.74) is 4.21. The van der Waals surface area contributed by atoms with E-state index in [4.69, 9.17) is 4.74 Å². The highest BCUT2D eigenvalue weighted by Gasteiger charge is 2.35. The second-order valence-corrected chi connectivity index (χ2v) is 9.55. The maximum atomic E-state index is 13.4. The lowest BCUT2D eigenvalue weighted by Gasteiger charge is -2.42. The molecule has 5 rings (SSSR count). The standard InChI is InChI=1S/C28H33N5O3/c1-31-24-15-22(25(36-2)16-21(24)10-11-26(31)34)17-30-23-9-6-13-33(27(35)18-32-14-12-29-19-32)28(23)20-7-4-3-5-8-20/h3-5,7-8,12,14-16,19,23,28,30H,6,9-11,13,17-18H2,1-2H3. The maximum absolute atomic E-state index is 13.4. The van der Waals surface area contributed by atoms with E-state index in [0.29, 0.717) is 13.0 Å². The first kappa shape index (κ1) is 24.1. The van der Waals surface area contributed by atoms with Gasteiger partial charge in [0.2, 0.25) is 11.8 Å². The average Bonchev–Trinajstić information content (AvgIpc) is 3.42. The number of hydrogen-bond donors (Lipinski definition) is 1. The fraction of sp³-hybridized carbons (Fsp3) is 0.393. The Bertz CT molecular complexity index is 1210. The molecule has 2 aromatic carbocycles. The van der Waals surface area contributed by atoms with Crippen molar-refractivity contribution in [3.63, 3.8) is 0 Å². The van der Waals surface area contributed by atoms with Gasteiger partial charge < -0.3 is 24.4 Å². The molecule has 2 atom stereocenters. The number of methoxy groups -OCH3 is 1. The Kier molecular flexibility index (Phi) is 7.04. The lowest BCUT2D eigenvalue weighted by atomic mass is 9.89. The summed E-state index contributed by atoms with van der Waals surface area (Å²) in [5, 5.41) is 3.74. The van der Waals surface area contributed by atoms with Gasteiger partial charge in [0.1, 0.15) is 12.3 Å². The van der Waals surface area contributed by atoms with Crippen LogP contribution in [0, 0.1) is 0 Å². The molecule has 1 N–H and O–H groups in total. The Morgan fingerprint density at radius 1 is 1.19 bits per heavy atom. The van der Waals surface area contributed by atoms with E-state index in [-0.39, 0.29) is 30.4 Å². The zero-order valence-corrected chi connectivity index (χ0v) is 20.9. The number of imidazole rings is 1. The normalized spacial score (nSPS) is 19.8. The number of likely N-dealkylation sites (tertiary alicyclic amines) is 1. The van der Waals surface area contributed by atoms with Crippen LogP contribution in [0.25, 0.3) is 0 Å². The summed E-state index contributed by atoms with van der Waals surface area (Å²) in [4.78, 5) is 33.5. The van der Waals surface area contributed by atoms with Gasteiger partial charge >= 0.3 is 0 Å². The molecule has 0 bridgehead atoms. The van der Waals surface area contributed by atoms with E-state index in [1.54, 1.807) is 24.5 Å². The van der Waals surface area contributed by atoms with Crippen molar-refractivity contribution in [2.45, 2.75) is 50.9 Å². The zero-order chi connectivity index (χ0) is 25.1. The molecule has 3 heterocycles. The van der Waals surface area contributed by atoms with Crippen LogP contribution in [-0.2, 0) is 29.1 Å². The highest BCUT2D eigenvalue weighted by Crippen LogP contribution is 2.35. The number of nitrogens with zero attached hydrogens (tertiary/aromatic N) is 4. The fourth-order valence-corrected chi connectivity index (χ4v) is 5.46. The number of aryl methyl sites for hydroxylation is 1. The number of anilines is 1. The molecule has 1 fully saturated rings. The summed E-state index contributed by atoms with van der Waals surface area (Å²) in [5.74, 6) is 1.04. The van der Waals surface area contributed by atoms with Gasteiger partial charge in [0.05, 0.1) is 19.5 Å². The average molecular weight is 488 g/mol. The number of fused-ring (bicyclic) bond motifs is 1. The molecule has 2 unspecified atom stereocenters. The van der Waals surface area contributed by atoms with Gasteiger partial charge in [-0.1, -0.05) is 30.3 Å². The lowest BCUT2D eigenvalue weighted by molar-refractivity contribution is -0.136. The van der Waals surface area contributed by atoms with E-state index < -0.39 is 0 Å². The first-order valence-corrected chi connectivity index (χ1v) is 12.5. The molecule has 0 spiro atoms. The number of carbonyl (C=O) groups is 2. The molecule has 2 aliphatic rings. The minimum absolute atomic E-state index is 0.0768. The molecule has 0 aliphatic carbocycles. The van der Waals surface area contributed by atoms with Gasteiger partial charge in [0.15, 0.2) is 0 Å². The van der Waals surface area contributed by atoms with Crippen LogP contribution in [0.15, 0.2) is 61.2 Å². The third-order valence-electron chi connectivity index (χ3n) is 7.35. The molecule has 1 saturated heterocycles. The summed E-state index contributed by atoms with van der Waals surface area (Å²) >= 11 is 0. The van der Waals surface area contributed by atoms with Gasteiger partial charge in [0.25, 0.3) is 0 Å². The van der Waals surface area contributed by atoms with E-state index in [1.807, 2.05) is 40.9 Å². The van der Waals surface area contributed by atoms with Crippen LogP contribution in [-0.4, -0.2) is 53.0 Å². The summed E-state index contributed by atoms with van der Waals surface area (Å²) in [6.45, 7) is 1.57. The second kappa shape index (κ2) is 10.5. The lowest BCUT2D eigenvalue weighted by Crippen LogP contribution is -2.51. The van der Waals surface area contributed by atoms with Crippen molar-refractivity contribution in [3.05, 3.63) is 77.9 Å². The van der Waals surface area contributed by atoms with Crippen LogP contribution in [0.5, 0.6) is 5.75 Å². The van der Waals surface area contributed by atoms with Crippen molar-refractivity contribution in [2.24, 2.45) is 0 Å². The first-order valence-electron chi connectivity index (χ1n) is 12.5. The van der Waals surface area contributed by atoms with Crippen molar-refractivity contribution >= 4 is 17.5 Å². The summed E-state index contributed by atoms with van der Waals surface area (Å²) in [6.07, 6.45) is 8.33. The number of nitrogens with one attached hydrogen (secondary N) is 1. The largest absolute Gasteiger partial charge is 0.496 e. The summed E-state index contributed by atoms with van der Waals surface area (Å²) in [6, 6.07) is 14.4. The Hall–Kier alpha value is -3.65. The van der Waals surface area contributed by atoms with Gasteiger partial charge in [0, 0.05) is 56.2 Å². The van der Waals surface area contributed by atoms with Crippen LogP contribution < -0.4 is 15.0 Å². The van der Waals surface area contributed by atoms with Gasteiger partial charge in [-0.3, -0.25) is 9.59 Å². The Balaban J connectivity index is 1.40. The highest BCUT2D eigenvalue weighted by atomic mass is 16.5. The van der Waals surface area contributed by atoms with Crippen molar-refractivity contribution < 1.29 is 14.3 Å². The van der Waals surface area contributed by atoms with Crippen LogP contribution in [0.4, 0.5) is 5.69 Å². The number of carbonyl (C=O) groups excluding carboxylic acids is 2. The Morgan fingerprint density at radius 3 is 2.78 bits per heavy atom. The fourth-order valence-electron chi connectivity index (χ4n) is 5.46. The maximum Gasteiger partial charge on any atom is 0.243 e. The van der Waals surface area contributed by atoms with Crippen molar-refractivity contribution in [2.75, 3.05) is 25.6 Å². The molecular formula is C28H33N5O3. The highest BCUT2D eigenvalue weighted by molar-refractivity contribution is 5.96. The number of hydrogen-bond acceptors (Lipinski definition) is 5. The smallest absolute Gasteiger partial charge is 0.243 e. The number of rotatable bonds is 7. The quantitative estimate of drug-likeness (QED) is 0.553. The van der Waals surface area contributed by atoms with E-state index in [1.165, 1.54) is 0 Å². The van der Waals surface area contributed by atoms with Gasteiger partial charge in [-0.25, -0.2) is 4.98 Å². The summed E-state index contributed by atoms with van der Waals surface area (Å²) in [7, 11) is 3.52. The number of ether oxygens (including phenoxy) is 1. The monoisotopic (exact) mass is 487 g/mol. The molecule has 36 heavy (non-hydrogen) atoms. The number of aromatic nitrogens is 2. The zero-order valence-electron chi connectivity index (χ0n) is 20.9. The van der Waals surface area contributed by atoms with Crippen molar-refractivity contribution in [1.82, 2.24) is 19.8 Å². The number of amides is 2. The van der Waals surface area contributed by atoms with Gasteiger partial charge in [-0.2, -0.15) is 0 Å². The van der Waals surface area contributed by atoms with Crippen molar-refractivity contribution in [1.29, 1.82) is 0 Å². The molecule has 0 radical (unpaired) electrons. The van der Waals surface area contributed by atoms with Gasteiger partial charge in [-0.05, 0) is 42.5 Å². The first-order chi connectivity index (χ1) is 17.5. The summed E-state index contributed by atoms with van der Waals surface area (Å²) < 4.78 is 7.54. The third kappa shape index (κ3) is 4.86. The molecule has 2 aliphatic heterocycles. The number of piperidine rings is 1. The predicted octanol–water partition coefficient (Wildman–Crippen LogP) is 3.32. The minimum atomic E-state index is -0.0798. The van der Waals surface area contributed by atoms with Crippen molar-refractivity contribution in [3.8, 4) is 5.75 Å². The topological polar surface area (TPSA) is 79.7 Å². The molecule has 188 valence electrons. The van der Waals surface area contributed by atoms with Crippen LogP contribution in [0.2, 0.25) is 0 Å². The SMILES string of the molecule is COc1cc2c(cc1CNC1CCCN(C(=O)Cn3ccnc3)C1c1ccccc1)N(C)C(=O)CC2. The van der Waals surface area contributed by atoms with E-state index in [2.05, 4.69) is 34.6 Å². The Morgan fingerprint density at radius 2 is 2.03 bits per heavy atom. The van der Waals surface area contributed by atoms with Crippen LogP contribution in [0.1, 0.15) is 42.0 Å². The van der Waals surface area contributed by atoms with E-state index >= 15 is 0 Å². The van der Waals surface area contributed by atoms with E-state index in [9.17, 15) is 9.59 Å². The minimum Gasteiger partial charge on any atom is -0.496 e. The molecule has 3 aromatic rings. The van der Waals surface area contributed by atoms with Gasteiger partial charge in [-0.15, -0.1) is 0 Å². The predicted molar refractivity (Wildman–Crippen MR) is 138 cm³/mol. The van der Waals surface area contributed by atoms with Crippen LogP contribution in [0.3, 0.4) is 0 Å². The van der Waals surface area contributed by atoms with Crippen LogP contribution >= 0.6 is 0 Å². The molecular weight excluding hydrogens is 454 g/mol. The molecule has 8 nitrogen and oxygen atoms in total. The van der Waals surface area contributed by atoms with E-state index in [0.717, 1.165) is 53.9 Å². The molecule has 8 heteroatoms. The second-order valence-electron chi connectivity index (χ2n) is 9.55.